The van der Waals surface area contributed by atoms with Crippen LogP contribution in [0.5, 0.6) is 5.75 Å². The highest BCUT2D eigenvalue weighted by Crippen LogP contribution is 2.31. The molecule has 21 heavy (non-hydrogen) atoms. The molecule has 0 unspecified atom stereocenters. The molecule has 1 aromatic rings. The predicted molar refractivity (Wildman–Crippen MR) is 79.1 cm³/mol. The molecule has 5 heteroatoms. The van der Waals surface area contributed by atoms with Crippen molar-refractivity contribution in [2.75, 3.05) is 11.9 Å². The topological polar surface area (TPSA) is 67.4 Å². The van der Waals surface area contributed by atoms with Crippen LogP contribution in [0.1, 0.15) is 44.2 Å². The number of anilines is 1. The Labute approximate surface area is 124 Å². The summed E-state index contributed by atoms with van der Waals surface area (Å²) in [5, 5.41) is 5.85. The smallest absolute Gasteiger partial charge is 0.262 e. The van der Waals surface area contributed by atoms with E-state index in [4.69, 9.17) is 4.74 Å². The first kappa shape index (κ1) is 13.9. The summed E-state index contributed by atoms with van der Waals surface area (Å²) >= 11 is 0. The SMILES string of the molecule is C[C@@H](NC(=O)C1CCCC1)c1ccc2c(c1)NC(=O)CO2. The fraction of sp³-hybridized carbons (Fsp3) is 0.500. The van der Waals surface area contributed by atoms with Crippen LogP contribution in [0.2, 0.25) is 0 Å². The van der Waals surface area contributed by atoms with Gasteiger partial charge in [-0.05, 0) is 37.5 Å². The first-order valence-electron chi connectivity index (χ1n) is 7.50. The van der Waals surface area contributed by atoms with Gasteiger partial charge in [0.2, 0.25) is 5.91 Å². The van der Waals surface area contributed by atoms with Crippen molar-refractivity contribution in [3.05, 3.63) is 23.8 Å². The van der Waals surface area contributed by atoms with Crippen molar-refractivity contribution in [3.63, 3.8) is 0 Å². The Hall–Kier alpha value is -2.04. The third kappa shape index (κ3) is 3.01. The van der Waals surface area contributed by atoms with E-state index in [0.29, 0.717) is 11.4 Å². The summed E-state index contributed by atoms with van der Waals surface area (Å²) in [6.07, 6.45) is 4.28. The minimum atomic E-state index is -0.151. The molecule has 1 aromatic carbocycles. The van der Waals surface area contributed by atoms with Crippen LogP contribution in [0.15, 0.2) is 18.2 Å². The molecule has 0 aromatic heterocycles. The summed E-state index contributed by atoms with van der Waals surface area (Å²) in [6.45, 7) is 2.01. The zero-order valence-corrected chi connectivity index (χ0v) is 12.1. The third-order valence-corrected chi connectivity index (χ3v) is 4.22. The van der Waals surface area contributed by atoms with E-state index in [1.807, 2.05) is 25.1 Å². The highest BCUT2D eigenvalue weighted by molar-refractivity contribution is 5.95. The second kappa shape index (κ2) is 5.76. The van der Waals surface area contributed by atoms with E-state index in [1.54, 1.807) is 0 Å². The summed E-state index contributed by atoms with van der Waals surface area (Å²) < 4.78 is 5.33. The first-order valence-corrected chi connectivity index (χ1v) is 7.50. The van der Waals surface area contributed by atoms with Gasteiger partial charge in [-0.1, -0.05) is 18.9 Å². The van der Waals surface area contributed by atoms with E-state index in [0.717, 1.165) is 31.2 Å². The van der Waals surface area contributed by atoms with E-state index in [-0.39, 0.29) is 30.4 Å². The molecule has 2 aliphatic rings. The number of ether oxygens (including phenoxy) is 1. The Morgan fingerprint density at radius 2 is 2.14 bits per heavy atom. The van der Waals surface area contributed by atoms with Crippen LogP contribution < -0.4 is 15.4 Å². The standard InChI is InChI=1S/C16H20N2O3/c1-10(17-16(20)11-4-2-3-5-11)12-6-7-14-13(8-12)18-15(19)9-21-14/h6-8,10-11H,2-5,9H2,1H3,(H,17,20)(H,18,19)/t10-/m1/s1. The molecule has 1 fully saturated rings. The Morgan fingerprint density at radius 3 is 2.90 bits per heavy atom. The summed E-state index contributed by atoms with van der Waals surface area (Å²) in [6, 6.07) is 5.55. The van der Waals surface area contributed by atoms with E-state index in [1.165, 1.54) is 0 Å². The maximum absolute atomic E-state index is 12.2. The lowest BCUT2D eigenvalue weighted by Crippen LogP contribution is -2.32. The summed E-state index contributed by atoms with van der Waals surface area (Å²) in [5.41, 5.74) is 1.64. The largest absolute Gasteiger partial charge is 0.482 e. The Morgan fingerprint density at radius 1 is 1.38 bits per heavy atom. The molecule has 112 valence electrons. The quantitative estimate of drug-likeness (QED) is 0.897. The number of benzene rings is 1. The number of rotatable bonds is 3. The molecule has 1 atom stereocenters. The maximum atomic E-state index is 12.2. The molecule has 3 rings (SSSR count). The lowest BCUT2D eigenvalue weighted by Gasteiger charge is -2.21. The summed E-state index contributed by atoms with van der Waals surface area (Å²) in [4.78, 5) is 23.5. The van der Waals surface area contributed by atoms with Crippen molar-refractivity contribution < 1.29 is 14.3 Å². The van der Waals surface area contributed by atoms with Crippen LogP contribution in [0.25, 0.3) is 0 Å². The monoisotopic (exact) mass is 288 g/mol. The second-order valence-electron chi connectivity index (χ2n) is 5.80. The number of fused-ring (bicyclic) bond motifs is 1. The van der Waals surface area contributed by atoms with Crippen molar-refractivity contribution in [2.24, 2.45) is 5.92 Å². The van der Waals surface area contributed by atoms with Crippen LogP contribution in [0.4, 0.5) is 5.69 Å². The zero-order chi connectivity index (χ0) is 14.8. The predicted octanol–water partition coefficient (Wildman–Crippen LogP) is 2.38. The van der Waals surface area contributed by atoms with E-state index in [2.05, 4.69) is 10.6 Å². The van der Waals surface area contributed by atoms with Gasteiger partial charge in [0.05, 0.1) is 11.7 Å². The van der Waals surface area contributed by atoms with Gasteiger partial charge in [0.25, 0.3) is 5.91 Å². The van der Waals surface area contributed by atoms with Gasteiger partial charge in [-0.3, -0.25) is 9.59 Å². The minimum absolute atomic E-state index is 0.0559. The van der Waals surface area contributed by atoms with Gasteiger partial charge >= 0.3 is 0 Å². The maximum Gasteiger partial charge on any atom is 0.262 e. The molecular weight excluding hydrogens is 268 g/mol. The van der Waals surface area contributed by atoms with Gasteiger partial charge < -0.3 is 15.4 Å². The Balaban J connectivity index is 1.69. The van der Waals surface area contributed by atoms with Crippen molar-refractivity contribution in [1.82, 2.24) is 5.32 Å². The number of nitrogens with one attached hydrogen (secondary N) is 2. The average Bonchev–Trinajstić information content (AvgIpc) is 3.00. The fourth-order valence-corrected chi connectivity index (χ4v) is 2.97. The number of amides is 2. The van der Waals surface area contributed by atoms with Crippen LogP contribution in [-0.2, 0) is 9.59 Å². The van der Waals surface area contributed by atoms with E-state index < -0.39 is 0 Å². The molecule has 1 saturated carbocycles. The van der Waals surface area contributed by atoms with Crippen LogP contribution in [0.3, 0.4) is 0 Å². The van der Waals surface area contributed by atoms with Crippen LogP contribution >= 0.6 is 0 Å². The molecule has 1 heterocycles. The highest BCUT2D eigenvalue weighted by Gasteiger charge is 2.24. The lowest BCUT2D eigenvalue weighted by molar-refractivity contribution is -0.125. The molecule has 2 N–H and O–H groups in total. The Kier molecular flexibility index (Phi) is 3.82. The summed E-state index contributed by atoms with van der Waals surface area (Å²) in [5.74, 6) is 0.820. The molecule has 1 aliphatic heterocycles. The fourth-order valence-electron chi connectivity index (χ4n) is 2.97. The molecule has 1 aliphatic carbocycles. The number of carbonyl (C=O) groups excluding carboxylic acids is 2. The molecule has 0 radical (unpaired) electrons. The zero-order valence-electron chi connectivity index (χ0n) is 12.1. The highest BCUT2D eigenvalue weighted by atomic mass is 16.5. The molecule has 0 saturated heterocycles. The van der Waals surface area contributed by atoms with E-state index in [9.17, 15) is 9.59 Å². The normalized spacial score (nSPS) is 19.4. The van der Waals surface area contributed by atoms with E-state index >= 15 is 0 Å². The third-order valence-electron chi connectivity index (χ3n) is 4.22. The van der Waals surface area contributed by atoms with Crippen LogP contribution in [-0.4, -0.2) is 18.4 Å². The van der Waals surface area contributed by atoms with Gasteiger partial charge in [0.15, 0.2) is 6.61 Å². The molecule has 0 spiro atoms. The van der Waals surface area contributed by atoms with Crippen molar-refractivity contribution in [1.29, 1.82) is 0 Å². The van der Waals surface area contributed by atoms with Gasteiger partial charge in [-0.15, -0.1) is 0 Å². The van der Waals surface area contributed by atoms with Gasteiger partial charge in [0, 0.05) is 5.92 Å². The van der Waals surface area contributed by atoms with Crippen molar-refractivity contribution in [2.45, 2.75) is 38.6 Å². The summed E-state index contributed by atoms with van der Waals surface area (Å²) in [7, 11) is 0. The number of hydrogen-bond acceptors (Lipinski definition) is 3. The van der Waals surface area contributed by atoms with Crippen LogP contribution in [0, 0.1) is 5.92 Å². The van der Waals surface area contributed by atoms with Gasteiger partial charge in [-0.25, -0.2) is 0 Å². The lowest BCUT2D eigenvalue weighted by atomic mass is 10.0. The van der Waals surface area contributed by atoms with Gasteiger partial charge in [0.1, 0.15) is 5.75 Å². The Bertz CT molecular complexity index is 565. The number of hydrogen-bond donors (Lipinski definition) is 2. The molecule has 5 nitrogen and oxygen atoms in total. The minimum Gasteiger partial charge on any atom is -0.482 e. The second-order valence-corrected chi connectivity index (χ2v) is 5.80. The first-order chi connectivity index (χ1) is 10.1. The van der Waals surface area contributed by atoms with Crippen molar-refractivity contribution in [3.8, 4) is 5.75 Å². The average molecular weight is 288 g/mol. The molecule has 0 bridgehead atoms. The molecule has 2 amide bonds. The number of carbonyl (C=O) groups is 2. The van der Waals surface area contributed by atoms with Gasteiger partial charge in [-0.2, -0.15) is 0 Å². The van der Waals surface area contributed by atoms with Crippen molar-refractivity contribution >= 4 is 17.5 Å². The molecular formula is C16H20N2O3.